The molecule has 0 N–H and O–H groups in total. The Balaban J connectivity index is 2.24. The summed E-state index contributed by atoms with van der Waals surface area (Å²) in [5.41, 5.74) is 2.21. The van der Waals surface area contributed by atoms with E-state index in [9.17, 15) is 9.59 Å². The Kier molecular flexibility index (Phi) is 4.33. The van der Waals surface area contributed by atoms with Crippen LogP contribution in [0.3, 0.4) is 0 Å². The zero-order valence-electron chi connectivity index (χ0n) is 12.2. The molecule has 1 fully saturated rings. The lowest BCUT2D eigenvalue weighted by Crippen LogP contribution is -2.34. The number of rotatable bonds is 3. The van der Waals surface area contributed by atoms with E-state index in [0.29, 0.717) is 10.8 Å². The fourth-order valence-electron chi connectivity index (χ4n) is 2.05. The standard InChI is InChI=1S/C16H19NO2S/c1-10(2)13-7-5-12(6-8-13)9-14-15(18)17(11(3)4)16(19)20-14/h5-11H,1-4H3/b14-9+. The topological polar surface area (TPSA) is 37.4 Å². The molecule has 20 heavy (non-hydrogen) atoms. The van der Waals surface area contributed by atoms with Crippen molar-refractivity contribution in [2.24, 2.45) is 0 Å². The minimum Gasteiger partial charge on any atom is -0.268 e. The molecule has 1 saturated heterocycles. The number of thioether (sulfide) groups is 1. The summed E-state index contributed by atoms with van der Waals surface area (Å²) in [6, 6.07) is 7.99. The molecule has 0 unspecified atom stereocenters. The molecule has 3 nitrogen and oxygen atoms in total. The Morgan fingerprint density at radius 1 is 1.05 bits per heavy atom. The number of nitrogens with zero attached hydrogens (tertiary/aromatic N) is 1. The highest BCUT2D eigenvalue weighted by molar-refractivity contribution is 8.18. The van der Waals surface area contributed by atoms with Gasteiger partial charge in [0, 0.05) is 6.04 Å². The van der Waals surface area contributed by atoms with Crippen molar-refractivity contribution in [3.8, 4) is 0 Å². The van der Waals surface area contributed by atoms with Crippen molar-refractivity contribution in [3.05, 3.63) is 40.3 Å². The minimum atomic E-state index is -0.192. The Morgan fingerprint density at radius 3 is 2.10 bits per heavy atom. The lowest BCUT2D eigenvalue weighted by atomic mass is 10.0. The molecule has 0 bridgehead atoms. The van der Waals surface area contributed by atoms with Crippen molar-refractivity contribution in [1.82, 2.24) is 4.90 Å². The maximum absolute atomic E-state index is 12.2. The number of carbonyl (C=O) groups is 2. The smallest absolute Gasteiger partial charge is 0.268 e. The Morgan fingerprint density at radius 2 is 1.65 bits per heavy atom. The van der Waals surface area contributed by atoms with Crippen LogP contribution in [-0.2, 0) is 4.79 Å². The largest absolute Gasteiger partial charge is 0.293 e. The molecule has 2 amide bonds. The van der Waals surface area contributed by atoms with E-state index in [2.05, 4.69) is 26.0 Å². The van der Waals surface area contributed by atoms with E-state index < -0.39 is 0 Å². The molecule has 0 atom stereocenters. The Labute approximate surface area is 124 Å². The molecule has 0 saturated carbocycles. The van der Waals surface area contributed by atoms with Gasteiger partial charge >= 0.3 is 0 Å². The number of imide groups is 1. The van der Waals surface area contributed by atoms with Crippen LogP contribution in [-0.4, -0.2) is 22.1 Å². The van der Waals surface area contributed by atoms with Gasteiger partial charge < -0.3 is 0 Å². The van der Waals surface area contributed by atoms with Gasteiger partial charge in [-0.05, 0) is 48.7 Å². The van der Waals surface area contributed by atoms with Crippen molar-refractivity contribution in [3.63, 3.8) is 0 Å². The van der Waals surface area contributed by atoms with Crippen molar-refractivity contribution in [2.75, 3.05) is 0 Å². The summed E-state index contributed by atoms with van der Waals surface area (Å²) in [5.74, 6) is 0.292. The summed E-state index contributed by atoms with van der Waals surface area (Å²) in [6.45, 7) is 7.97. The first-order valence-corrected chi connectivity index (χ1v) is 7.59. The molecular formula is C16H19NO2S. The summed E-state index contributed by atoms with van der Waals surface area (Å²) in [6.07, 6.45) is 1.79. The number of amides is 2. The molecule has 1 aromatic rings. The second-order valence-corrected chi connectivity index (χ2v) is 6.46. The van der Waals surface area contributed by atoms with Gasteiger partial charge in [-0.3, -0.25) is 14.5 Å². The fourth-order valence-corrected chi connectivity index (χ4v) is 3.01. The molecule has 1 aromatic carbocycles. The second kappa shape index (κ2) is 5.83. The maximum atomic E-state index is 12.2. The zero-order valence-corrected chi connectivity index (χ0v) is 13.0. The first-order valence-electron chi connectivity index (χ1n) is 6.77. The SMILES string of the molecule is CC(C)c1ccc(/C=C2/SC(=O)N(C(C)C)C2=O)cc1. The summed E-state index contributed by atoms with van der Waals surface area (Å²) in [4.78, 5) is 25.8. The molecule has 1 heterocycles. The van der Waals surface area contributed by atoms with E-state index in [1.54, 1.807) is 6.08 Å². The third-order valence-corrected chi connectivity index (χ3v) is 4.12. The van der Waals surface area contributed by atoms with Gasteiger partial charge in [-0.1, -0.05) is 38.1 Å². The lowest BCUT2D eigenvalue weighted by molar-refractivity contribution is -0.123. The van der Waals surface area contributed by atoms with Gasteiger partial charge in [0.25, 0.3) is 11.1 Å². The number of hydrogen-bond donors (Lipinski definition) is 0. The van der Waals surface area contributed by atoms with Gasteiger partial charge in [-0.2, -0.15) is 0 Å². The quantitative estimate of drug-likeness (QED) is 0.780. The predicted molar refractivity (Wildman–Crippen MR) is 83.5 cm³/mol. The van der Waals surface area contributed by atoms with Crippen LogP contribution in [0.1, 0.15) is 44.7 Å². The van der Waals surface area contributed by atoms with Gasteiger partial charge in [-0.25, -0.2) is 0 Å². The zero-order chi connectivity index (χ0) is 14.9. The molecule has 2 rings (SSSR count). The fraction of sp³-hybridized carbons (Fsp3) is 0.375. The molecule has 0 aromatic heterocycles. The van der Waals surface area contributed by atoms with E-state index in [4.69, 9.17) is 0 Å². The summed E-state index contributed by atoms with van der Waals surface area (Å²) >= 11 is 1.01. The van der Waals surface area contributed by atoms with Gasteiger partial charge in [0.15, 0.2) is 0 Å². The third-order valence-electron chi connectivity index (χ3n) is 3.24. The maximum Gasteiger partial charge on any atom is 0.293 e. The molecular weight excluding hydrogens is 270 g/mol. The number of benzene rings is 1. The number of carbonyl (C=O) groups excluding carboxylic acids is 2. The van der Waals surface area contributed by atoms with Gasteiger partial charge in [0.1, 0.15) is 0 Å². The molecule has 1 aliphatic heterocycles. The Bertz CT molecular complexity index is 558. The Hall–Kier alpha value is -1.55. The number of hydrogen-bond acceptors (Lipinski definition) is 3. The first-order chi connectivity index (χ1) is 9.40. The van der Waals surface area contributed by atoms with Crippen LogP contribution in [0, 0.1) is 0 Å². The summed E-state index contributed by atoms with van der Waals surface area (Å²) in [7, 11) is 0. The molecule has 0 radical (unpaired) electrons. The van der Waals surface area contributed by atoms with Gasteiger partial charge in [0.05, 0.1) is 4.91 Å². The normalized spacial score (nSPS) is 17.9. The lowest BCUT2D eigenvalue weighted by Gasteiger charge is -2.16. The predicted octanol–water partition coefficient (Wildman–Crippen LogP) is 4.25. The highest BCUT2D eigenvalue weighted by atomic mass is 32.2. The van der Waals surface area contributed by atoms with Crippen LogP contribution in [0.2, 0.25) is 0 Å². The van der Waals surface area contributed by atoms with Crippen LogP contribution in [0.25, 0.3) is 6.08 Å². The van der Waals surface area contributed by atoms with Gasteiger partial charge in [0.2, 0.25) is 0 Å². The average Bonchev–Trinajstić information content (AvgIpc) is 2.65. The highest BCUT2D eigenvalue weighted by Crippen LogP contribution is 2.33. The van der Waals surface area contributed by atoms with E-state index in [1.165, 1.54) is 10.5 Å². The van der Waals surface area contributed by atoms with E-state index in [1.807, 2.05) is 26.0 Å². The van der Waals surface area contributed by atoms with Crippen molar-refractivity contribution >= 4 is 29.0 Å². The van der Waals surface area contributed by atoms with Crippen LogP contribution in [0.5, 0.6) is 0 Å². The molecule has 0 spiro atoms. The van der Waals surface area contributed by atoms with E-state index >= 15 is 0 Å². The molecule has 106 valence electrons. The van der Waals surface area contributed by atoms with Crippen LogP contribution >= 0.6 is 11.8 Å². The van der Waals surface area contributed by atoms with Crippen LogP contribution in [0.15, 0.2) is 29.2 Å². The first kappa shape index (κ1) is 14.9. The highest BCUT2D eigenvalue weighted by Gasteiger charge is 2.36. The van der Waals surface area contributed by atoms with E-state index in [-0.39, 0.29) is 17.2 Å². The average molecular weight is 289 g/mol. The van der Waals surface area contributed by atoms with E-state index in [0.717, 1.165) is 17.3 Å². The van der Waals surface area contributed by atoms with Crippen LogP contribution < -0.4 is 0 Å². The summed E-state index contributed by atoms with van der Waals surface area (Å²) < 4.78 is 0. The van der Waals surface area contributed by atoms with Crippen molar-refractivity contribution < 1.29 is 9.59 Å². The minimum absolute atomic E-state index is 0.100. The third kappa shape index (κ3) is 2.96. The molecule has 0 aliphatic carbocycles. The van der Waals surface area contributed by atoms with Crippen molar-refractivity contribution in [1.29, 1.82) is 0 Å². The van der Waals surface area contributed by atoms with Crippen LogP contribution in [0.4, 0.5) is 4.79 Å². The second-order valence-electron chi connectivity index (χ2n) is 5.47. The molecule has 4 heteroatoms. The monoisotopic (exact) mass is 289 g/mol. The van der Waals surface area contributed by atoms with Gasteiger partial charge in [-0.15, -0.1) is 0 Å². The molecule has 1 aliphatic rings. The van der Waals surface area contributed by atoms with Crippen molar-refractivity contribution in [2.45, 2.75) is 39.7 Å². The summed E-state index contributed by atoms with van der Waals surface area (Å²) in [5, 5.41) is -0.185.